The van der Waals surface area contributed by atoms with Crippen molar-refractivity contribution in [3.8, 4) is 0 Å². The number of carbonyl (C=O) groups is 2. The van der Waals surface area contributed by atoms with E-state index in [-0.39, 0.29) is 12.5 Å². The predicted molar refractivity (Wildman–Crippen MR) is 62.7 cm³/mol. The van der Waals surface area contributed by atoms with Gasteiger partial charge in [0.2, 0.25) is 0 Å². The summed E-state index contributed by atoms with van der Waals surface area (Å²) in [6, 6.07) is 0. The molecule has 1 saturated heterocycles. The summed E-state index contributed by atoms with van der Waals surface area (Å²) in [5, 5.41) is 8.72. The lowest BCUT2D eigenvalue weighted by molar-refractivity contribution is -0.144. The molecular formula is C12H21NO4. The van der Waals surface area contributed by atoms with Crippen LogP contribution in [0.1, 0.15) is 32.6 Å². The van der Waals surface area contributed by atoms with Gasteiger partial charge in [0.15, 0.2) is 0 Å². The molecular weight excluding hydrogens is 222 g/mol. The molecule has 0 bridgehead atoms. The maximum atomic E-state index is 11.2. The third kappa shape index (κ3) is 5.68. The van der Waals surface area contributed by atoms with Crippen LogP contribution in [-0.2, 0) is 14.3 Å². The molecule has 98 valence electrons. The van der Waals surface area contributed by atoms with Gasteiger partial charge >= 0.3 is 11.9 Å². The number of likely N-dealkylation sites (tertiary alicyclic amines) is 1. The lowest BCUT2D eigenvalue weighted by Gasteiger charge is -2.31. The Balaban J connectivity index is 2.24. The van der Waals surface area contributed by atoms with Gasteiger partial charge in [-0.05, 0) is 38.6 Å². The van der Waals surface area contributed by atoms with Gasteiger partial charge in [0, 0.05) is 13.0 Å². The summed E-state index contributed by atoms with van der Waals surface area (Å²) in [4.78, 5) is 23.8. The molecule has 0 spiro atoms. The molecule has 0 aliphatic carbocycles. The molecule has 0 radical (unpaired) electrons. The molecule has 1 N–H and O–H groups in total. The minimum absolute atomic E-state index is 0.107. The Morgan fingerprint density at radius 1 is 1.47 bits per heavy atom. The zero-order chi connectivity index (χ0) is 12.7. The Kier molecular flexibility index (Phi) is 5.97. The molecule has 5 heteroatoms. The van der Waals surface area contributed by atoms with E-state index in [4.69, 9.17) is 9.84 Å². The molecule has 1 rings (SSSR count). The second-order valence-corrected chi connectivity index (χ2v) is 4.48. The minimum atomic E-state index is -0.781. The Labute approximate surface area is 102 Å². The number of esters is 1. The van der Waals surface area contributed by atoms with Gasteiger partial charge in [0.25, 0.3) is 0 Å². The van der Waals surface area contributed by atoms with Crippen LogP contribution in [0.2, 0.25) is 0 Å². The summed E-state index contributed by atoms with van der Waals surface area (Å²) in [6.07, 6.45) is 3.34. The SMILES string of the molecule is CCOC(=O)CCC1CCCN(CC(=O)O)C1. The first kappa shape index (κ1) is 14.0. The first-order valence-electron chi connectivity index (χ1n) is 6.21. The van der Waals surface area contributed by atoms with Crippen LogP contribution < -0.4 is 0 Å². The van der Waals surface area contributed by atoms with Crippen LogP contribution in [0.15, 0.2) is 0 Å². The topological polar surface area (TPSA) is 66.8 Å². The Morgan fingerprint density at radius 3 is 2.88 bits per heavy atom. The summed E-state index contributed by atoms with van der Waals surface area (Å²) in [6.45, 7) is 3.96. The number of aliphatic carboxylic acids is 1. The number of rotatable bonds is 6. The largest absolute Gasteiger partial charge is 0.480 e. The van der Waals surface area contributed by atoms with Crippen LogP contribution in [0.3, 0.4) is 0 Å². The minimum Gasteiger partial charge on any atom is -0.480 e. The van der Waals surface area contributed by atoms with E-state index in [9.17, 15) is 9.59 Å². The number of hydrogen-bond acceptors (Lipinski definition) is 4. The van der Waals surface area contributed by atoms with Crippen molar-refractivity contribution < 1.29 is 19.4 Å². The lowest BCUT2D eigenvalue weighted by Crippen LogP contribution is -2.38. The highest BCUT2D eigenvalue weighted by molar-refractivity contribution is 5.69. The van der Waals surface area contributed by atoms with Crippen LogP contribution >= 0.6 is 0 Å². The van der Waals surface area contributed by atoms with Gasteiger partial charge in [0.05, 0.1) is 13.2 Å². The van der Waals surface area contributed by atoms with Crippen molar-refractivity contribution in [2.45, 2.75) is 32.6 Å². The third-order valence-corrected chi connectivity index (χ3v) is 3.02. The molecule has 0 aromatic carbocycles. The van der Waals surface area contributed by atoms with Crippen molar-refractivity contribution in [1.82, 2.24) is 4.90 Å². The van der Waals surface area contributed by atoms with Crippen molar-refractivity contribution in [2.75, 3.05) is 26.2 Å². The summed E-state index contributed by atoms with van der Waals surface area (Å²) in [7, 11) is 0. The number of carboxylic acids is 1. The van der Waals surface area contributed by atoms with Crippen molar-refractivity contribution in [2.24, 2.45) is 5.92 Å². The quantitative estimate of drug-likeness (QED) is 0.708. The van der Waals surface area contributed by atoms with Gasteiger partial charge in [-0.3, -0.25) is 14.5 Å². The van der Waals surface area contributed by atoms with Crippen LogP contribution in [0, 0.1) is 5.92 Å². The second kappa shape index (κ2) is 7.27. The van der Waals surface area contributed by atoms with E-state index < -0.39 is 5.97 Å². The van der Waals surface area contributed by atoms with Crippen molar-refractivity contribution >= 4 is 11.9 Å². The van der Waals surface area contributed by atoms with Crippen molar-refractivity contribution in [1.29, 1.82) is 0 Å². The van der Waals surface area contributed by atoms with Crippen LogP contribution in [0.4, 0.5) is 0 Å². The van der Waals surface area contributed by atoms with Gasteiger partial charge < -0.3 is 9.84 Å². The summed E-state index contributed by atoms with van der Waals surface area (Å²) in [5.41, 5.74) is 0. The number of carboxylic acid groups (broad SMARTS) is 1. The van der Waals surface area contributed by atoms with E-state index >= 15 is 0 Å². The van der Waals surface area contributed by atoms with E-state index in [1.807, 2.05) is 4.90 Å². The zero-order valence-corrected chi connectivity index (χ0v) is 10.4. The summed E-state index contributed by atoms with van der Waals surface area (Å²) in [5.74, 6) is -0.508. The fourth-order valence-corrected chi connectivity index (χ4v) is 2.28. The van der Waals surface area contributed by atoms with Gasteiger partial charge in [-0.2, -0.15) is 0 Å². The number of nitrogens with zero attached hydrogens (tertiary/aromatic N) is 1. The molecule has 1 heterocycles. The van der Waals surface area contributed by atoms with Crippen molar-refractivity contribution in [3.05, 3.63) is 0 Å². The van der Waals surface area contributed by atoms with E-state index in [1.165, 1.54) is 0 Å². The highest BCUT2D eigenvalue weighted by Gasteiger charge is 2.21. The first-order valence-corrected chi connectivity index (χ1v) is 6.21. The highest BCUT2D eigenvalue weighted by atomic mass is 16.5. The monoisotopic (exact) mass is 243 g/mol. The summed E-state index contributed by atoms with van der Waals surface area (Å²) < 4.78 is 4.88. The molecule has 1 fully saturated rings. The summed E-state index contributed by atoms with van der Waals surface area (Å²) >= 11 is 0. The maximum Gasteiger partial charge on any atom is 0.317 e. The van der Waals surface area contributed by atoms with E-state index in [0.29, 0.717) is 18.9 Å². The second-order valence-electron chi connectivity index (χ2n) is 4.48. The van der Waals surface area contributed by atoms with Gasteiger partial charge in [0.1, 0.15) is 0 Å². The standard InChI is InChI=1S/C12H21NO4/c1-2-17-12(16)6-5-10-4-3-7-13(8-10)9-11(14)15/h10H,2-9H2,1H3,(H,14,15). The van der Waals surface area contributed by atoms with Crippen molar-refractivity contribution in [3.63, 3.8) is 0 Å². The van der Waals surface area contributed by atoms with E-state index in [0.717, 1.165) is 32.4 Å². The van der Waals surface area contributed by atoms with Crippen LogP contribution in [-0.4, -0.2) is 48.2 Å². The molecule has 5 nitrogen and oxygen atoms in total. The molecule has 1 unspecified atom stereocenters. The van der Waals surface area contributed by atoms with Gasteiger partial charge in [-0.15, -0.1) is 0 Å². The predicted octanol–water partition coefficient (Wildman–Crippen LogP) is 1.13. The number of carbonyl (C=O) groups excluding carboxylic acids is 1. The van der Waals surface area contributed by atoms with Crippen LogP contribution in [0.25, 0.3) is 0 Å². The fraction of sp³-hybridized carbons (Fsp3) is 0.833. The average molecular weight is 243 g/mol. The molecule has 0 amide bonds. The molecule has 17 heavy (non-hydrogen) atoms. The maximum absolute atomic E-state index is 11.2. The number of ether oxygens (including phenoxy) is 1. The van der Waals surface area contributed by atoms with Crippen LogP contribution in [0.5, 0.6) is 0 Å². The number of hydrogen-bond donors (Lipinski definition) is 1. The Morgan fingerprint density at radius 2 is 2.24 bits per heavy atom. The van der Waals surface area contributed by atoms with Gasteiger partial charge in [-0.25, -0.2) is 0 Å². The highest BCUT2D eigenvalue weighted by Crippen LogP contribution is 2.20. The smallest absolute Gasteiger partial charge is 0.317 e. The zero-order valence-electron chi connectivity index (χ0n) is 10.4. The van der Waals surface area contributed by atoms with E-state index in [2.05, 4.69) is 0 Å². The Bertz CT molecular complexity index is 267. The molecule has 0 aromatic rings. The lowest BCUT2D eigenvalue weighted by atomic mass is 9.93. The molecule has 0 saturated carbocycles. The average Bonchev–Trinajstić information content (AvgIpc) is 2.26. The molecule has 1 aliphatic rings. The number of piperidine rings is 1. The molecule has 1 aliphatic heterocycles. The molecule has 0 aromatic heterocycles. The fourth-order valence-electron chi connectivity index (χ4n) is 2.28. The van der Waals surface area contributed by atoms with E-state index in [1.54, 1.807) is 6.92 Å². The first-order chi connectivity index (χ1) is 8.11. The normalized spacial score (nSPS) is 21.1. The third-order valence-electron chi connectivity index (χ3n) is 3.02. The van der Waals surface area contributed by atoms with Gasteiger partial charge in [-0.1, -0.05) is 0 Å². The Hall–Kier alpha value is -1.10. The molecule has 1 atom stereocenters.